The maximum atomic E-state index is 12.4. The summed E-state index contributed by atoms with van der Waals surface area (Å²) in [6.45, 7) is 2.40. The Morgan fingerprint density at radius 2 is 1.72 bits per heavy atom. The number of para-hydroxylation sites is 1. The van der Waals surface area contributed by atoms with Gasteiger partial charge in [-0.25, -0.2) is 4.79 Å². The van der Waals surface area contributed by atoms with Gasteiger partial charge in [-0.1, -0.05) is 12.1 Å². The van der Waals surface area contributed by atoms with E-state index in [2.05, 4.69) is 5.32 Å². The number of rotatable bonds is 5. The van der Waals surface area contributed by atoms with Crippen LogP contribution in [0.1, 0.15) is 23.2 Å². The van der Waals surface area contributed by atoms with Crippen LogP contribution in [0.5, 0.6) is 0 Å². The van der Waals surface area contributed by atoms with Gasteiger partial charge < -0.3 is 19.9 Å². The van der Waals surface area contributed by atoms with Crippen molar-refractivity contribution in [3.63, 3.8) is 0 Å². The topological polar surface area (TPSA) is 79.0 Å². The highest BCUT2D eigenvalue weighted by Crippen LogP contribution is 2.31. The number of hydrogen-bond acceptors (Lipinski definition) is 5. The molecule has 1 N–H and O–H groups in total. The highest BCUT2D eigenvalue weighted by Gasteiger charge is 2.35. The molecule has 7 heteroatoms. The third-order valence-electron chi connectivity index (χ3n) is 4.63. The van der Waals surface area contributed by atoms with Crippen molar-refractivity contribution in [3.05, 3.63) is 29.8 Å². The SMILES string of the molecule is COC(=O)c1ccccc1NCC(=O)N1CCN(C(=O)C2CC2)CC1. The number of nitrogens with zero attached hydrogens (tertiary/aromatic N) is 2. The average Bonchev–Trinajstić information content (AvgIpc) is 3.50. The third kappa shape index (κ3) is 4.10. The first-order valence-electron chi connectivity index (χ1n) is 8.58. The van der Waals surface area contributed by atoms with Crippen LogP contribution in [0.15, 0.2) is 24.3 Å². The van der Waals surface area contributed by atoms with Crippen molar-refractivity contribution in [2.75, 3.05) is 45.2 Å². The van der Waals surface area contributed by atoms with E-state index in [0.29, 0.717) is 37.4 Å². The molecule has 7 nitrogen and oxygen atoms in total. The molecule has 0 atom stereocenters. The van der Waals surface area contributed by atoms with E-state index < -0.39 is 5.97 Å². The number of esters is 1. The van der Waals surface area contributed by atoms with Crippen LogP contribution in [0.3, 0.4) is 0 Å². The Kier molecular flexibility index (Phi) is 5.21. The van der Waals surface area contributed by atoms with Crippen LogP contribution >= 0.6 is 0 Å². The van der Waals surface area contributed by atoms with Crippen LogP contribution in [-0.2, 0) is 14.3 Å². The van der Waals surface area contributed by atoms with Gasteiger partial charge in [-0.3, -0.25) is 9.59 Å². The van der Waals surface area contributed by atoms with Gasteiger partial charge in [0.05, 0.1) is 19.2 Å². The van der Waals surface area contributed by atoms with Crippen molar-refractivity contribution in [1.29, 1.82) is 0 Å². The second-order valence-corrected chi connectivity index (χ2v) is 6.37. The number of benzene rings is 1. The maximum Gasteiger partial charge on any atom is 0.339 e. The number of carbonyl (C=O) groups is 3. The van der Waals surface area contributed by atoms with E-state index in [1.54, 1.807) is 29.2 Å². The lowest BCUT2D eigenvalue weighted by molar-refractivity contribution is -0.139. The Bertz CT molecular complexity index is 664. The fraction of sp³-hybridized carbons (Fsp3) is 0.500. The fourth-order valence-electron chi connectivity index (χ4n) is 2.97. The van der Waals surface area contributed by atoms with E-state index in [4.69, 9.17) is 4.74 Å². The number of piperazine rings is 1. The van der Waals surface area contributed by atoms with Crippen molar-refractivity contribution in [2.45, 2.75) is 12.8 Å². The molecule has 134 valence electrons. The predicted octanol–water partition coefficient (Wildman–Crippen LogP) is 0.966. The van der Waals surface area contributed by atoms with Crippen LogP contribution in [0.25, 0.3) is 0 Å². The second-order valence-electron chi connectivity index (χ2n) is 6.37. The van der Waals surface area contributed by atoms with Gasteiger partial charge in [0.25, 0.3) is 0 Å². The van der Waals surface area contributed by atoms with Crippen molar-refractivity contribution in [1.82, 2.24) is 9.80 Å². The van der Waals surface area contributed by atoms with E-state index in [9.17, 15) is 14.4 Å². The standard InChI is InChI=1S/C18H23N3O4/c1-25-18(24)14-4-2-3-5-15(14)19-12-16(22)20-8-10-21(11-9-20)17(23)13-6-7-13/h2-5,13,19H,6-12H2,1H3. The summed E-state index contributed by atoms with van der Waals surface area (Å²) in [5, 5.41) is 3.02. The molecule has 25 heavy (non-hydrogen) atoms. The van der Waals surface area contributed by atoms with E-state index in [0.717, 1.165) is 12.8 Å². The van der Waals surface area contributed by atoms with Crippen molar-refractivity contribution >= 4 is 23.5 Å². The van der Waals surface area contributed by atoms with Gasteiger partial charge in [0.15, 0.2) is 0 Å². The lowest BCUT2D eigenvalue weighted by Crippen LogP contribution is -2.52. The molecule has 0 spiro atoms. The number of hydrogen-bond donors (Lipinski definition) is 1. The zero-order chi connectivity index (χ0) is 17.8. The van der Waals surface area contributed by atoms with E-state index in [1.807, 2.05) is 4.90 Å². The largest absolute Gasteiger partial charge is 0.465 e. The number of carbonyl (C=O) groups excluding carboxylic acids is 3. The van der Waals surface area contributed by atoms with Gasteiger partial charge in [0.2, 0.25) is 11.8 Å². The molecule has 0 radical (unpaired) electrons. The molecular formula is C18H23N3O4. The normalized spacial score (nSPS) is 17.2. The Balaban J connectivity index is 1.50. The van der Waals surface area contributed by atoms with Crippen molar-refractivity contribution in [2.24, 2.45) is 5.92 Å². The quantitative estimate of drug-likeness (QED) is 0.805. The molecule has 0 unspecified atom stereocenters. The maximum absolute atomic E-state index is 12.4. The number of anilines is 1. The Morgan fingerprint density at radius 3 is 2.36 bits per heavy atom. The first-order chi connectivity index (χ1) is 12.1. The molecule has 2 aliphatic rings. The predicted molar refractivity (Wildman–Crippen MR) is 92.2 cm³/mol. The van der Waals surface area contributed by atoms with Crippen LogP contribution in [-0.4, -0.2) is 67.4 Å². The molecule has 1 saturated carbocycles. The Morgan fingerprint density at radius 1 is 1.08 bits per heavy atom. The van der Waals surface area contributed by atoms with Gasteiger partial charge >= 0.3 is 5.97 Å². The number of nitrogens with one attached hydrogen (secondary N) is 1. The summed E-state index contributed by atoms with van der Waals surface area (Å²) >= 11 is 0. The summed E-state index contributed by atoms with van der Waals surface area (Å²) in [7, 11) is 1.33. The summed E-state index contributed by atoms with van der Waals surface area (Å²) in [6.07, 6.45) is 2.00. The van der Waals surface area contributed by atoms with Crippen LogP contribution < -0.4 is 5.32 Å². The van der Waals surface area contributed by atoms with Gasteiger partial charge in [-0.15, -0.1) is 0 Å². The minimum atomic E-state index is -0.442. The summed E-state index contributed by atoms with van der Waals surface area (Å²) in [4.78, 5) is 39.8. The van der Waals surface area contributed by atoms with Crippen LogP contribution in [0, 0.1) is 5.92 Å². The zero-order valence-electron chi connectivity index (χ0n) is 14.4. The van der Waals surface area contributed by atoms with Crippen molar-refractivity contribution < 1.29 is 19.1 Å². The minimum Gasteiger partial charge on any atom is -0.465 e. The van der Waals surface area contributed by atoms with E-state index in [1.165, 1.54) is 7.11 Å². The number of ether oxygens (including phenoxy) is 1. The zero-order valence-corrected chi connectivity index (χ0v) is 14.4. The lowest BCUT2D eigenvalue weighted by atomic mass is 10.2. The van der Waals surface area contributed by atoms with Gasteiger partial charge in [-0.2, -0.15) is 0 Å². The molecule has 1 aliphatic heterocycles. The molecule has 1 aromatic rings. The molecule has 1 aromatic carbocycles. The molecule has 1 heterocycles. The molecule has 1 saturated heterocycles. The smallest absolute Gasteiger partial charge is 0.339 e. The number of amides is 2. The van der Waals surface area contributed by atoms with Gasteiger partial charge in [-0.05, 0) is 25.0 Å². The second kappa shape index (κ2) is 7.55. The molecular weight excluding hydrogens is 322 g/mol. The molecule has 0 bridgehead atoms. The first-order valence-corrected chi connectivity index (χ1v) is 8.58. The fourth-order valence-corrected chi connectivity index (χ4v) is 2.97. The molecule has 1 aliphatic carbocycles. The summed E-state index contributed by atoms with van der Waals surface area (Å²) in [5.41, 5.74) is 0.975. The van der Waals surface area contributed by atoms with E-state index >= 15 is 0 Å². The van der Waals surface area contributed by atoms with Gasteiger partial charge in [0, 0.05) is 37.8 Å². The molecule has 2 fully saturated rings. The molecule has 3 rings (SSSR count). The molecule has 0 aromatic heterocycles. The first kappa shape index (κ1) is 17.3. The van der Waals surface area contributed by atoms with Gasteiger partial charge in [0.1, 0.15) is 0 Å². The summed E-state index contributed by atoms with van der Waals surface area (Å²) in [5.74, 6) is -0.0306. The number of methoxy groups -OCH3 is 1. The summed E-state index contributed by atoms with van der Waals surface area (Å²) < 4.78 is 4.75. The molecule has 2 amide bonds. The lowest BCUT2D eigenvalue weighted by Gasteiger charge is -2.35. The monoisotopic (exact) mass is 345 g/mol. The van der Waals surface area contributed by atoms with Crippen LogP contribution in [0.2, 0.25) is 0 Å². The Labute approximate surface area is 146 Å². The third-order valence-corrected chi connectivity index (χ3v) is 4.63. The summed E-state index contributed by atoms with van der Waals surface area (Å²) in [6, 6.07) is 6.93. The van der Waals surface area contributed by atoms with Crippen LogP contribution in [0.4, 0.5) is 5.69 Å². The highest BCUT2D eigenvalue weighted by atomic mass is 16.5. The van der Waals surface area contributed by atoms with Crippen molar-refractivity contribution in [3.8, 4) is 0 Å². The minimum absolute atomic E-state index is 0.0433. The Hall–Kier alpha value is -2.57. The van der Waals surface area contributed by atoms with E-state index in [-0.39, 0.29) is 24.3 Å². The average molecular weight is 345 g/mol. The highest BCUT2D eigenvalue weighted by molar-refractivity contribution is 5.96.